The molecule has 0 aromatic heterocycles. The molecule has 1 aliphatic heterocycles. The molecule has 0 unspecified atom stereocenters. The van der Waals surface area contributed by atoms with Gasteiger partial charge in [-0.2, -0.15) is 0 Å². The molecule has 2 heteroatoms. The molecule has 0 amide bonds. The Kier molecular flexibility index (Phi) is 2.20. The Hall–Kier alpha value is -1.38. The average molecular weight is 213 g/mol. The first kappa shape index (κ1) is 9.82. The zero-order valence-electron chi connectivity index (χ0n) is 9.11. The van der Waals surface area contributed by atoms with Gasteiger partial charge in [-0.1, -0.05) is 42.5 Å². The van der Waals surface area contributed by atoms with Crippen molar-refractivity contribution in [2.45, 2.75) is 12.0 Å². The van der Waals surface area contributed by atoms with Gasteiger partial charge in [0.15, 0.2) is 0 Å². The molecule has 1 saturated heterocycles. The summed E-state index contributed by atoms with van der Waals surface area (Å²) in [5.74, 6) is 0. The normalized spacial score (nSPS) is 18.3. The zero-order valence-corrected chi connectivity index (χ0v) is 9.11. The quantitative estimate of drug-likeness (QED) is 0.796. The smallest absolute Gasteiger partial charge is 0.0935 e. The molecule has 2 aromatic carbocycles. The van der Waals surface area contributed by atoms with Crippen LogP contribution in [0.3, 0.4) is 0 Å². The molecule has 16 heavy (non-hydrogen) atoms. The Labute approximate surface area is 94.9 Å². The number of rotatable bonds is 2. The van der Waals surface area contributed by atoms with E-state index in [2.05, 4.69) is 41.7 Å². The van der Waals surface area contributed by atoms with Crippen LogP contribution in [0.1, 0.15) is 5.56 Å². The van der Waals surface area contributed by atoms with Crippen molar-refractivity contribution in [2.24, 2.45) is 0 Å². The van der Waals surface area contributed by atoms with Gasteiger partial charge in [0.2, 0.25) is 0 Å². The maximum Gasteiger partial charge on any atom is 0.0935 e. The van der Waals surface area contributed by atoms with E-state index in [9.17, 15) is 5.11 Å². The van der Waals surface area contributed by atoms with Crippen molar-refractivity contribution in [1.82, 2.24) is 5.32 Å². The third kappa shape index (κ3) is 1.60. The number of hydrogen-bond donors (Lipinski definition) is 2. The van der Waals surface area contributed by atoms with Crippen molar-refractivity contribution >= 4 is 10.8 Å². The molecule has 1 aliphatic rings. The van der Waals surface area contributed by atoms with Crippen LogP contribution in [-0.4, -0.2) is 23.8 Å². The molecule has 0 saturated carbocycles. The summed E-state index contributed by atoms with van der Waals surface area (Å²) in [4.78, 5) is 0. The second-order valence-corrected chi connectivity index (χ2v) is 4.64. The molecule has 2 nitrogen and oxygen atoms in total. The zero-order chi connectivity index (χ0) is 11.0. The molecule has 0 radical (unpaired) electrons. The Morgan fingerprint density at radius 1 is 1.06 bits per heavy atom. The van der Waals surface area contributed by atoms with Crippen molar-refractivity contribution in [1.29, 1.82) is 0 Å². The molecular weight excluding hydrogens is 198 g/mol. The highest BCUT2D eigenvalue weighted by molar-refractivity contribution is 5.85. The van der Waals surface area contributed by atoms with Gasteiger partial charge in [0.25, 0.3) is 0 Å². The standard InChI is InChI=1S/C14H15NO/c16-14(9-15-10-14)8-12-6-3-5-11-4-1-2-7-13(11)12/h1-7,15-16H,8-10H2. The summed E-state index contributed by atoms with van der Waals surface area (Å²) in [5.41, 5.74) is 0.700. The van der Waals surface area contributed by atoms with E-state index in [-0.39, 0.29) is 0 Å². The molecule has 3 rings (SSSR count). The van der Waals surface area contributed by atoms with E-state index < -0.39 is 5.60 Å². The third-order valence-electron chi connectivity index (χ3n) is 3.31. The van der Waals surface area contributed by atoms with Gasteiger partial charge in [0.1, 0.15) is 0 Å². The second kappa shape index (κ2) is 3.58. The Morgan fingerprint density at radius 2 is 1.81 bits per heavy atom. The van der Waals surface area contributed by atoms with Crippen molar-refractivity contribution in [3.8, 4) is 0 Å². The first-order chi connectivity index (χ1) is 7.77. The lowest BCUT2D eigenvalue weighted by atomic mass is 9.87. The fourth-order valence-corrected chi connectivity index (χ4v) is 2.34. The first-order valence-corrected chi connectivity index (χ1v) is 5.67. The van der Waals surface area contributed by atoms with Crippen molar-refractivity contribution in [3.63, 3.8) is 0 Å². The Balaban J connectivity index is 2.03. The molecule has 1 fully saturated rings. The molecule has 0 spiro atoms. The highest BCUT2D eigenvalue weighted by Gasteiger charge is 2.34. The Bertz CT molecular complexity index is 512. The van der Waals surface area contributed by atoms with E-state index >= 15 is 0 Å². The lowest BCUT2D eigenvalue weighted by Gasteiger charge is -2.38. The fourth-order valence-electron chi connectivity index (χ4n) is 2.34. The summed E-state index contributed by atoms with van der Waals surface area (Å²) in [7, 11) is 0. The maximum absolute atomic E-state index is 10.2. The second-order valence-electron chi connectivity index (χ2n) is 4.64. The van der Waals surface area contributed by atoms with Gasteiger partial charge in [-0.25, -0.2) is 0 Å². The van der Waals surface area contributed by atoms with Crippen LogP contribution in [-0.2, 0) is 6.42 Å². The molecular formula is C14H15NO. The molecule has 0 aliphatic carbocycles. The molecule has 2 aromatic rings. The topological polar surface area (TPSA) is 32.3 Å². The minimum Gasteiger partial charge on any atom is -0.387 e. The summed E-state index contributed by atoms with van der Waals surface area (Å²) >= 11 is 0. The van der Waals surface area contributed by atoms with Crippen LogP contribution in [0.4, 0.5) is 0 Å². The van der Waals surface area contributed by atoms with Gasteiger partial charge in [-0.3, -0.25) is 0 Å². The average Bonchev–Trinajstić information content (AvgIpc) is 2.27. The largest absolute Gasteiger partial charge is 0.387 e. The predicted molar refractivity (Wildman–Crippen MR) is 65.5 cm³/mol. The number of benzene rings is 2. The molecule has 82 valence electrons. The van der Waals surface area contributed by atoms with Crippen LogP contribution in [0.25, 0.3) is 10.8 Å². The monoisotopic (exact) mass is 213 g/mol. The fraction of sp³-hybridized carbons (Fsp3) is 0.286. The van der Waals surface area contributed by atoms with Crippen LogP contribution in [0.15, 0.2) is 42.5 Å². The maximum atomic E-state index is 10.2. The van der Waals surface area contributed by atoms with Crippen LogP contribution in [0.5, 0.6) is 0 Å². The minimum atomic E-state index is -0.538. The van der Waals surface area contributed by atoms with Gasteiger partial charge in [0.05, 0.1) is 5.60 Å². The lowest BCUT2D eigenvalue weighted by Crippen LogP contribution is -2.60. The summed E-state index contributed by atoms with van der Waals surface area (Å²) in [6.45, 7) is 1.41. The minimum absolute atomic E-state index is 0.538. The van der Waals surface area contributed by atoms with E-state index in [0.29, 0.717) is 13.1 Å². The SMILES string of the molecule is OC1(Cc2cccc3ccccc23)CNC1. The van der Waals surface area contributed by atoms with E-state index in [1.165, 1.54) is 16.3 Å². The summed E-state index contributed by atoms with van der Waals surface area (Å²) in [6, 6.07) is 14.6. The Morgan fingerprint density at radius 3 is 2.56 bits per heavy atom. The third-order valence-corrected chi connectivity index (χ3v) is 3.31. The van der Waals surface area contributed by atoms with Gasteiger partial charge in [-0.05, 0) is 16.3 Å². The molecule has 1 heterocycles. The van der Waals surface area contributed by atoms with E-state index in [1.807, 2.05) is 6.07 Å². The summed E-state index contributed by atoms with van der Waals surface area (Å²) < 4.78 is 0. The lowest BCUT2D eigenvalue weighted by molar-refractivity contribution is -0.00874. The summed E-state index contributed by atoms with van der Waals surface area (Å²) in [6.07, 6.45) is 0.737. The van der Waals surface area contributed by atoms with Gasteiger partial charge >= 0.3 is 0 Å². The number of fused-ring (bicyclic) bond motifs is 1. The highest BCUT2D eigenvalue weighted by Crippen LogP contribution is 2.24. The van der Waals surface area contributed by atoms with Crippen LogP contribution in [0, 0.1) is 0 Å². The number of nitrogens with one attached hydrogen (secondary N) is 1. The van der Waals surface area contributed by atoms with Crippen molar-refractivity contribution in [2.75, 3.05) is 13.1 Å². The van der Waals surface area contributed by atoms with E-state index in [0.717, 1.165) is 6.42 Å². The van der Waals surface area contributed by atoms with Crippen LogP contribution >= 0.6 is 0 Å². The highest BCUT2D eigenvalue weighted by atomic mass is 16.3. The van der Waals surface area contributed by atoms with Crippen LogP contribution in [0.2, 0.25) is 0 Å². The van der Waals surface area contributed by atoms with Crippen molar-refractivity contribution in [3.05, 3.63) is 48.0 Å². The molecule has 0 bridgehead atoms. The van der Waals surface area contributed by atoms with E-state index in [4.69, 9.17) is 0 Å². The first-order valence-electron chi connectivity index (χ1n) is 5.67. The predicted octanol–water partition coefficient (Wildman–Crippen LogP) is 1.72. The van der Waals surface area contributed by atoms with Gasteiger partial charge in [0, 0.05) is 19.5 Å². The number of β-amino-alcohol motifs (C(OH)–C–C–N with tert-alkyl or cyclic N) is 1. The molecule has 0 atom stereocenters. The van der Waals surface area contributed by atoms with Crippen LogP contribution < -0.4 is 5.32 Å². The number of hydrogen-bond acceptors (Lipinski definition) is 2. The van der Waals surface area contributed by atoms with Gasteiger partial charge < -0.3 is 10.4 Å². The number of aliphatic hydroxyl groups is 1. The van der Waals surface area contributed by atoms with Gasteiger partial charge in [-0.15, -0.1) is 0 Å². The van der Waals surface area contributed by atoms with Crippen molar-refractivity contribution < 1.29 is 5.11 Å². The summed E-state index contributed by atoms with van der Waals surface area (Å²) in [5, 5.41) is 15.8. The molecule has 2 N–H and O–H groups in total. The van der Waals surface area contributed by atoms with E-state index in [1.54, 1.807) is 0 Å².